The third-order valence-electron chi connectivity index (χ3n) is 6.28. The Labute approximate surface area is 183 Å². The van der Waals surface area contributed by atoms with Gasteiger partial charge in [0.25, 0.3) is 0 Å². The fourth-order valence-electron chi connectivity index (χ4n) is 4.32. The summed E-state index contributed by atoms with van der Waals surface area (Å²) < 4.78 is 29.7. The zero-order valence-corrected chi connectivity index (χ0v) is 18.8. The molecule has 0 bridgehead atoms. The summed E-state index contributed by atoms with van der Waals surface area (Å²) in [5.41, 5.74) is 1.01. The molecule has 6 nitrogen and oxygen atoms in total. The monoisotopic (exact) mass is 449 g/mol. The van der Waals surface area contributed by atoms with E-state index in [1.807, 2.05) is 12.1 Å². The van der Waals surface area contributed by atoms with Gasteiger partial charge in [-0.25, -0.2) is 18.4 Å². The summed E-state index contributed by atoms with van der Waals surface area (Å²) in [6.07, 6.45) is 6.89. The number of halogens is 1. The van der Waals surface area contributed by atoms with Crippen molar-refractivity contribution in [3.8, 4) is 0 Å². The first-order valence-electron chi connectivity index (χ1n) is 10.6. The zero-order chi connectivity index (χ0) is 21.1. The second kappa shape index (κ2) is 9.20. The van der Waals surface area contributed by atoms with Gasteiger partial charge in [-0.3, -0.25) is 0 Å². The van der Waals surface area contributed by atoms with Crippen LogP contribution in [0.5, 0.6) is 0 Å². The number of hydrogen-bond donors (Lipinski definition) is 0. The summed E-state index contributed by atoms with van der Waals surface area (Å²) >= 11 is 5.87. The van der Waals surface area contributed by atoms with Gasteiger partial charge in [-0.2, -0.15) is 0 Å². The molecule has 1 saturated carbocycles. The number of rotatable bonds is 8. The van der Waals surface area contributed by atoms with Gasteiger partial charge in [0.1, 0.15) is 0 Å². The Kier molecular flexibility index (Phi) is 6.60. The van der Waals surface area contributed by atoms with E-state index in [4.69, 9.17) is 16.3 Å². The van der Waals surface area contributed by atoms with Crippen molar-refractivity contribution in [2.24, 2.45) is 17.8 Å². The first kappa shape index (κ1) is 21.5. The lowest BCUT2D eigenvalue weighted by Gasteiger charge is -2.32. The van der Waals surface area contributed by atoms with Gasteiger partial charge >= 0.3 is 0 Å². The van der Waals surface area contributed by atoms with Crippen molar-refractivity contribution in [3.05, 3.63) is 47.2 Å². The van der Waals surface area contributed by atoms with Crippen molar-refractivity contribution in [1.29, 1.82) is 0 Å². The third kappa shape index (κ3) is 5.13. The minimum absolute atomic E-state index is 0.123. The molecule has 1 aliphatic heterocycles. The molecule has 162 valence electrons. The molecule has 0 N–H and O–H groups in total. The van der Waals surface area contributed by atoms with E-state index in [2.05, 4.69) is 14.9 Å². The summed E-state index contributed by atoms with van der Waals surface area (Å²) in [5.74, 6) is 3.05. The SMILES string of the molecule is CCS(=O)(=O)c1ccc(COC[C@H]2C[C@@H]2C2CCN(c3ncc(Cl)cn3)CC2)cc1. The summed E-state index contributed by atoms with van der Waals surface area (Å²) in [6, 6.07) is 7.05. The average molecular weight is 450 g/mol. The highest BCUT2D eigenvalue weighted by atomic mass is 35.5. The topological polar surface area (TPSA) is 72.4 Å². The van der Waals surface area contributed by atoms with E-state index in [-0.39, 0.29) is 5.75 Å². The summed E-state index contributed by atoms with van der Waals surface area (Å²) in [7, 11) is -3.14. The number of hydrogen-bond acceptors (Lipinski definition) is 6. The van der Waals surface area contributed by atoms with Crippen LogP contribution in [0.2, 0.25) is 5.02 Å². The van der Waals surface area contributed by atoms with E-state index in [0.29, 0.717) is 22.4 Å². The summed E-state index contributed by atoms with van der Waals surface area (Å²) in [4.78, 5) is 11.3. The largest absolute Gasteiger partial charge is 0.376 e. The van der Waals surface area contributed by atoms with E-state index >= 15 is 0 Å². The van der Waals surface area contributed by atoms with Gasteiger partial charge in [0.05, 0.1) is 41.3 Å². The number of benzene rings is 1. The number of anilines is 1. The van der Waals surface area contributed by atoms with Gasteiger partial charge < -0.3 is 9.64 Å². The molecule has 0 radical (unpaired) electrons. The van der Waals surface area contributed by atoms with Gasteiger partial charge in [-0.1, -0.05) is 30.7 Å². The molecule has 0 unspecified atom stereocenters. The first-order chi connectivity index (χ1) is 14.5. The Balaban J connectivity index is 1.18. The summed E-state index contributed by atoms with van der Waals surface area (Å²) in [5, 5.41) is 0.566. The molecule has 4 rings (SSSR count). The van der Waals surface area contributed by atoms with Crippen LogP contribution >= 0.6 is 11.6 Å². The van der Waals surface area contributed by atoms with Crippen molar-refractivity contribution >= 4 is 27.4 Å². The molecule has 2 fully saturated rings. The fourth-order valence-corrected chi connectivity index (χ4v) is 5.31. The Morgan fingerprint density at radius 3 is 2.43 bits per heavy atom. The predicted octanol–water partition coefficient (Wildman–Crippen LogP) is 3.99. The normalized spacial score (nSPS) is 22.3. The molecular formula is C22H28ClN3O3S. The van der Waals surface area contributed by atoms with Gasteiger partial charge in [-0.05, 0) is 54.7 Å². The molecule has 0 amide bonds. The fraction of sp³-hybridized carbons (Fsp3) is 0.545. The van der Waals surface area contributed by atoms with E-state index in [9.17, 15) is 8.42 Å². The lowest BCUT2D eigenvalue weighted by molar-refractivity contribution is 0.104. The van der Waals surface area contributed by atoms with E-state index in [1.165, 1.54) is 19.3 Å². The van der Waals surface area contributed by atoms with Crippen LogP contribution in [-0.4, -0.2) is 43.8 Å². The van der Waals surface area contributed by atoms with Crippen molar-refractivity contribution in [3.63, 3.8) is 0 Å². The Hall–Kier alpha value is -1.70. The van der Waals surface area contributed by atoms with Crippen LogP contribution in [0.1, 0.15) is 31.7 Å². The zero-order valence-electron chi connectivity index (χ0n) is 17.2. The molecule has 30 heavy (non-hydrogen) atoms. The molecule has 1 aliphatic carbocycles. The minimum atomic E-state index is -3.14. The molecule has 2 atom stereocenters. The highest BCUT2D eigenvalue weighted by molar-refractivity contribution is 7.91. The van der Waals surface area contributed by atoms with Gasteiger partial charge in [0.15, 0.2) is 9.84 Å². The predicted molar refractivity (Wildman–Crippen MR) is 117 cm³/mol. The molecule has 2 aliphatic rings. The molecule has 0 spiro atoms. The second-order valence-electron chi connectivity index (χ2n) is 8.25. The highest BCUT2D eigenvalue weighted by Gasteiger charge is 2.43. The van der Waals surface area contributed by atoms with Crippen LogP contribution in [0, 0.1) is 17.8 Å². The molecule has 8 heteroatoms. The Bertz CT molecular complexity index is 943. The van der Waals surface area contributed by atoms with Crippen LogP contribution in [0.3, 0.4) is 0 Å². The smallest absolute Gasteiger partial charge is 0.225 e. The molecular weight excluding hydrogens is 422 g/mol. The lowest BCUT2D eigenvalue weighted by Crippen LogP contribution is -2.35. The Morgan fingerprint density at radius 2 is 1.80 bits per heavy atom. The van der Waals surface area contributed by atoms with E-state index < -0.39 is 9.84 Å². The van der Waals surface area contributed by atoms with Gasteiger partial charge in [0.2, 0.25) is 5.95 Å². The minimum Gasteiger partial charge on any atom is -0.376 e. The third-order valence-corrected chi connectivity index (χ3v) is 8.22. The number of ether oxygens (including phenoxy) is 1. The van der Waals surface area contributed by atoms with Crippen LogP contribution in [0.25, 0.3) is 0 Å². The van der Waals surface area contributed by atoms with E-state index in [0.717, 1.165) is 43.0 Å². The number of piperidine rings is 1. The van der Waals surface area contributed by atoms with Crippen molar-refractivity contribution in [2.75, 3.05) is 30.3 Å². The van der Waals surface area contributed by atoms with Crippen LogP contribution in [0.15, 0.2) is 41.6 Å². The molecule has 1 saturated heterocycles. The van der Waals surface area contributed by atoms with Crippen LogP contribution < -0.4 is 4.90 Å². The summed E-state index contributed by atoms with van der Waals surface area (Å²) in [6.45, 7) is 4.95. The van der Waals surface area contributed by atoms with Crippen LogP contribution in [0.4, 0.5) is 5.95 Å². The molecule has 1 aromatic carbocycles. The van der Waals surface area contributed by atoms with Crippen LogP contribution in [-0.2, 0) is 21.2 Å². The van der Waals surface area contributed by atoms with Crippen molar-refractivity contribution in [1.82, 2.24) is 9.97 Å². The quantitative estimate of drug-likeness (QED) is 0.606. The maximum absolute atomic E-state index is 11.9. The number of sulfone groups is 1. The highest BCUT2D eigenvalue weighted by Crippen LogP contribution is 2.48. The second-order valence-corrected chi connectivity index (χ2v) is 11.0. The number of nitrogens with zero attached hydrogens (tertiary/aromatic N) is 3. The van der Waals surface area contributed by atoms with Gasteiger partial charge in [-0.15, -0.1) is 0 Å². The first-order valence-corrected chi connectivity index (χ1v) is 12.6. The maximum atomic E-state index is 11.9. The standard InChI is InChI=1S/C22H28ClN3O3S/c1-2-30(27,28)20-5-3-16(4-6-20)14-29-15-18-11-21(18)17-7-9-26(10-8-17)22-24-12-19(23)13-25-22/h3-6,12-13,17-18,21H,2,7-11,14-15H2,1H3/t18-,21-/m1/s1. The van der Waals surface area contributed by atoms with Crippen molar-refractivity contribution < 1.29 is 13.2 Å². The Morgan fingerprint density at radius 1 is 1.13 bits per heavy atom. The van der Waals surface area contributed by atoms with E-state index in [1.54, 1.807) is 31.5 Å². The van der Waals surface area contributed by atoms with Gasteiger partial charge in [0, 0.05) is 13.1 Å². The number of aromatic nitrogens is 2. The molecule has 1 aromatic heterocycles. The lowest BCUT2D eigenvalue weighted by atomic mass is 9.91. The molecule has 2 aromatic rings. The molecule has 2 heterocycles. The van der Waals surface area contributed by atoms with Crippen molar-refractivity contribution in [2.45, 2.75) is 37.7 Å². The average Bonchev–Trinajstić information content (AvgIpc) is 3.54. The maximum Gasteiger partial charge on any atom is 0.225 e.